The molecule has 1 aliphatic rings. The van der Waals surface area contributed by atoms with Crippen LogP contribution in [0.4, 0.5) is 38.0 Å². The van der Waals surface area contributed by atoms with E-state index < -0.39 is 48.7 Å². The lowest BCUT2D eigenvalue weighted by molar-refractivity contribution is -0.266. The van der Waals surface area contributed by atoms with E-state index in [4.69, 9.17) is 27.2 Å². The summed E-state index contributed by atoms with van der Waals surface area (Å²) in [5.74, 6) is -2.75. The molecule has 1 unspecified atom stereocenters. The van der Waals surface area contributed by atoms with Crippen molar-refractivity contribution in [2.45, 2.75) is 43.8 Å². The van der Waals surface area contributed by atoms with Gasteiger partial charge in [0.05, 0.1) is 22.8 Å². The number of fused-ring (bicyclic) bond motifs is 2. The van der Waals surface area contributed by atoms with Crippen LogP contribution in [0.5, 0.6) is 0 Å². The summed E-state index contributed by atoms with van der Waals surface area (Å²) in [5, 5.41) is 24.6. The smallest absolute Gasteiger partial charge is 0.475 e. The number of imidazole rings is 1. The van der Waals surface area contributed by atoms with Gasteiger partial charge in [-0.3, -0.25) is 9.20 Å². The second kappa shape index (κ2) is 11.4. The van der Waals surface area contributed by atoms with Crippen LogP contribution < -0.4 is 16.0 Å². The number of nitrogens with one attached hydrogen (secondary N) is 1. The molecule has 19 heteroatoms. The standard InChI is InChI=1S/C22H22ClF3N8O2.C2HF3O2/c1-12(30-19(35)16-17(27)31-34-6-2-5-29-18(16)34)13-9-14(23)15-10-28-11-33(15)20(13)32-7-3-21(36,4-8-32)22(24,25)26;3-2(4,5)1(6)7/h2,5-6,9-12,36H,3-4,7-8H2,1H3,(H2,27,31)(H,30,35);(H,6,7). The quantitative estimate of drug-likeness (QED) is 0.245. The highest BCUT2D eigenvalue weighted by atomic mass is 35.5. The number of pyridine rings is 1. The van der Waals surface area contributed by atoms with E-state index in [1.54, 1.807) is 40.8 Å². The number of halogens is 7. The third-order valence-corrected chi connectivity index (χ3v) is 7.08. The van der Waals surface area contributed by atoms with Crippen LogP contribution in [0.25, 0.3) is 11.2 Å². The van der Waals surface area contributed by atoms with E-state index in [1.807, 2.05) is 0 Å². The van der Waals surface area contributed by atoms with Crippen molar-refractivity contribution in [1.29, 1.82) is 0 Å². The molecule has 1 saturated heterocycles. The second-order valence-corrected chi connectivity index (χ2v) is 9.99. The number of carboxylic acids is 1. The number of piperidine rings is 1. The van der Waals surface area contributed by atoms with Crippen LogP contribution >= 0.6 is 11.6 Å². The third-order valence-electron chi connectivity index (χ3n) is 6.78. The molecule has 0 saturated carbocycles. The fraction of sp³-hybridized carbons (Fsp3) is 0.375. The molecule has 5 rings (SSSR count). The van der Waals surface area contributed by atoms with Gasteiger partial charge in [0.25, 0.3) is 5.91 Å². The number of anilines is 2. The Bertz CT molecular complexity index is 1660. The van der Waals surface area contributed by atoms with E-state index in [-0.39, 0.29) is 30.1 Å². The van der Waals surface area contributed by atoms with Crippen molar-refractivity contribution in [3.05, 3.63) is 53.2 Å². The molecule has 0 bridgehead atoms. The maximum Gasteiger partial charge on any atom is 0.490 e. The number of alkyl halides is 6. The van der Waals surface area contributed by atoms with Crippen molar-refractivity contribution in [1.82, 2.24) is 29.3 Å². The first-order chi connectivity index (χ1) is 19.9. The Morgan fingerprint density at radius 1 is 1.19 bits per heavy atom. The lowest BCUT2D eigenvalue weighted by Gasteiger charge is -2.41. The molecular weight excluding hydrogens is 614 g/mol. The minimum absolute atomic E-state index is 0.00387. The zero-order valence-corrected chi connectivity index (χ0v) is 22.7. The van der Waals surface area contributed by atoms with Crippen LogP contribution in [0.3, 0.4) is 0 Å². The molecule has 5 N–H and O–H groups in total. The summed E-state index contributed by atoms with van der Waals surface area (Å²) in [4.78, 5) is 32.1. The number of carbonyl (C=O) groups is 2. The summed E-state index contributed by atoms with van der Waals surface area (Å²) in [6.45, 7) is 1.59. The fourth-order valence-electron chi connectivity index (χ4n) is 4.55. The number of aliphatic hydroxyl groups is 1. The van der Waals surface area contributed by atoms with Crippen molar-refractivity contribution < 1.29 is 46.1 Å². The van der Waals surface area contributed by atoms with Gasteiger partial charge in [0, 0.05) is 43.9 Å². The van der Waals surface area contributed by atoms with Gasteiger partial charge < -0.3 is 26.2 Å². The van der Waals surface area contributed by atoms with Gasteiger partial charge >= 0.3 is 18.3 Å². The molecule has 0 aromatic carbocycles. The van der Waals surface area contributed by atoms with E-state index in [1.165, 1.54) is 17.0 Å². The predicted octanol–water partition coefficient (Wildman–Crippen LogP) is 3.63. The molecule has 43 heavy (non-hydrogen) atoms. The first-order valence-corrected chi connectivity index (χ1v) is 12.7. The summed E-state index contributed by atoms with van der Waals surface area (Å²) in [7, 11) is 0. The molecule has 232 valence electrons. The van der Waals surface area contributed by atoms with Crippen molar-refractivity contribution in [2.75, 3.05) is 23.7 Å². The topological polar surface area (TPSA) is 163 Å². The zero-order chi connectivity index (χ0) is 31.9. The van der Waals surface area contributed by atoms with Crippen LogP contribution in [0.1, 0.15) is 41.7 Å². The largest absolute Gasteiger partial charge is 0.490 e. The van der Waals surface area contributed by atoms with E-state index in [2.05, 4.69) is 20.4 Å². The van der Waals surface area contributed by atoms with Gasteiger partial charge in [0.2, 0.25) is 0 Å². The molecule has 5 heterocycles. The van der Waals surface area contributed by atoms with Gasteiger partial charge in [-0.2, -0.15) is 26.3 Å². The fourth-order valence-corrected chi connectivity index (χ4v) is 4.81. The Balaban J connectivity index is 0.000000541. The second-order valence-electron chi connectivity index (χ2n) is 9.58. The third kappa shape index (κ3) is 6.24. The van der Waals surface area contributed by atoms with Gasteiger partial charge in [0.1, 0.15) is 17.7 Å². The number of nitrogen functional groups attached to an aromatic ring is 1. The average molecular weight is 637 g/mol. The molecular formula is C24H23ClF6N8O4. The Morgan fingerprint density at radius 2 is 1.81 bits per heavy atom. The van der Waals surface area contributed by atoms with Gasteiger partial charge in [-0.1, -0.05) is 11.6 Å². The number of hydrogen-bond donors (Lipinski definition) is 4. The predicted molar refractivity (Wildman–Crippen MR) is 140 cm³/mol. The molecule has 1 fully saturated rings. The maximum atomic E-state index is 13.4. The normalized spacial score (nSPS) is 16.1. The van der Waals surface area contributed by atoms with Gasteiger partial charge in [-0.15, -0.1) is 5.10 Å². The number of hydrogen-bond acceptors (Lipinski definition) is 8. The molecule has 1 atom stereocenters. The molecule has 0 spiro atoms. The Morgan fingerprint density at radius 3 is 2.40 bits per heavy atom. The molecule has 0 radical (unpaired) electrons. The highest BCUT2D eigenvalue weighted by molar-refractivity contribution is 6.34. The number of nitrogens with two attached hydrogens (primary N) is 1. The zero-order valence-electron chi connectivity index (χ0n) is 22.0. The van der Waals surface area contributed by atoms with E-state index in [9.17, 15) is 36.2 Å². The average Bonchev–Trinajstić information content (AvgIpc) is 3.53. The van der Waals surface area contributed by atoms with Crippen molar-refractivity contribution >= 4 is 46.3 Å². The van der Waals surface area contributed by atoms with Gasteiger partial charge in [-0.05, 0) is 19.1 Å². The summed E-state index contributed by atoms with van der Waals surface area (Å²) < 4.78 is 74.9. The summed E-state index contributed by atoms with van der Waals surface area (Å²) in [6.07, 6.45) is -4.63. The number of aromatic nitrogens is 5. The first kappa shape index (κ1) is 31.6. The minimum atomic E-state index is -5.08. The number of rotatable bonds is 4. The molecule has 1 aliphatic heterocycles. The van der Waals surface area contributed by atoms with Crippen LogP contribution in [-0.4, -0.2) is 77.1 Å². The van der Waals surface area contributed by atoms with E-state index >= 15 is 0 Å². The Kier molecular flexibility index (Phi) is 8.38. The maximum absolute atomic E-state index is 13.4. The van der Waals surface area contributed by atoms with Crippen LogP contribution in [0.15, 0.2) is 37.1 Å². The molecule has 1 amide bonds. The monoisotopic (exact) mass is 636 g/mol. The number of amides is 1. The highest BCUT2D eigenvalue weighted by Gasteiger charge is 2.54. The first-order valence-electron chi connectivity index (χ1n) is 12.3. The number of nitrogens with zero attached hydrogens (tertiary/aromatic N) is 6. The molecule has 4 aromatic rings. The highest BCUT2D eigenvalue weighted by Crippen LogP contribution is 2.41. The van der Waals surface area contributed by atoms with Crippen LogP contribution in [0, 0.1) is 0 Å². The lowest BCUT2D eigenvalue weighted by Crippen LogP contribution is -2.53. The summed E-state index contributed by atoms with van der Waals surface area (Å²) in [5.41, 5.74) is 4.72. The lowest BCUT2D eigenvalue weighted by atomic mass is 9.90. The van der Waals surface area contributed by atoms with Gasteiger partial charge in [0.15, 0.2) is 17.1 Å². The van der Waals surface area contributed by atoms with Crippen LogP contribution in [0.2, 0.25) is 5.02 Å². The van der Waals surface area contributed by atoms with E-state index in [0.717, 1.165) is 0 Å². The SMILES string of the molecule is CC(NC(=O)c1c(N)nn2cccnc12)c1cc(Cl)c2cncn2c1N1CCC(O)(C(F)(F)F)CC1.O=C(O)C(F)(F)F. The number of aliphatic carboxylic acids is 1. The molecule has 12 nitrogen and oxygen atoms in total. The van der Waals surface area contributed by atoms with E-state index in [0.29, 0.717) is 21.9 Å². The molecule has 0 aliphatic carbocycles. The van der Waals surface area contributed by atoms with Crippen molar-refractivity contribution in [2.24, 2.45) is 0 Å². The minimum Gasteiger partial charge on any atom is -0.475 e. The van der Waals surface area contributed by atoms with Crippen molar-refractivity contribution in [3.8, 4) is 0 Å². The summed E-state index contributed by atoms with van der Waals surface area (Å²) in [6, 6.07) is 2.66. The number of carbonyl (C=O) groups excluding carboxylic acids is 1. The Labute approximate surface area is 242 Å². The van der Waals surface area contributed by atoms with Gasteiger partial charge in [-0.25, -0.2) is 19.3 Å². The summed E-state index contributed by atoms with van der Waals surface area (Å²) >= 11 is 6.48. The Hall–Kier alpha value is -4.32. The van der Waals surface area contributed by atoms with Crippen molar-refractivity contribution in [3.63, 3.8) is 0 Å². The number of carboxylic acid groups (broad SMARTS) is 1. The van der Waals surface area contributed by atoms with Crippen LogP contribution in [-0.2, 0) is 4.79 Å². The molecule has 4 aromatic heterocycles.